The molecule has 2 aromatic rings. The van der Waals surface area contributed by atoms with Crippen LogP contribution in [0.4, 0.5) is 4.39 Å². The molecule has 118 valence electrons. The van der Waals surface area contributed by atoms with Crippen molar-refractivity contribution in [3.05, 3.63) is 58.0 Å². The molecule has 0 unspecified atom stereocenters. The van der Waals surface area contributed by atoms with Gasteiger partial charge in [-0.2, -0.15) is 5.10 Å². The van der Waals surface area contributed by atoms with Crippen molar-refractivity contribution < 1.29 is 9.18 Å². The van der Waals surface area contributed by atoms with Crippen LogP contribution in [0.3, 0.4) is 0 Å². The predicted molar refractivity (Wildman–Crippen MR) is 93.4 cm³/mol. The molecule has 1 atom stereocenters. The van der Waals surface area contributed by atoms with Crippen LogP contribution in [-0.4, -0.2) is 27.4 Å². The fraction of sp³-hybridized carbons (Fsp3) is 0.188. The van der Waals surface area contributed by atoms with Gasteiger partial charge in [-0.1, -0.05) is 30.0 Å². The summed E-state index contributed by atoms with van der Waals surface area (Å²) in [7, 11) is 0. The van der Waals surface area contributed by atoms with E-state index in [0.717, 1.165) is 10.4 Å². The minimum atomic E-state index is -0.293. The second-order valence-electron chi connectivity index (χ2n) is 4.95. The van der Waals surface area contributed by atoms with Crippen molar-refractivity contribution in [2.45, 2.75) is 18.7 Å². The van der Waals surface area contributed by atoms with Crippen LogP contribution in [0.25, 0.3) is 0 Å². The zero-order valence-corrected chi connectivity index (χ0v) is 14.0. The smallest absolute Gasteiger partial charge is 0.242 e. The lowest BCUT2D eigenvalue weighted by Crippen LogP contribution is -2.30. The van der Waals surface area contributed by atoms with Crippen molar-refractivity contribution in [3.63, 3.8) is 0 Å². The molecule has 0 aliphatic carbocycles. The summed E-state index contributed by atoms with van der Waals surface area (Å²) in [6.07, 6.45) is 1.67. The first kappa shape index (κ1) is 15.9. The lowest BCUT2D eigenvalue weighted by Gasteiger charge is -2.15. The monoisotopic (exact) mass is 347 g/mol. The Morgan fingerprint density at radius 2 is 2.09 bits per heavy atom. The van der Waals surface area contributed by atoms with E-state index in [1.807, 2.05) is 24.4 Å². The van der Waals surface area contributed by atoms with E-state index in [-0.39, 0.29) is 17.0 Å². The number of amidine groups is 1. The van der Waals surface area contributed by atoms with E-state index in [1.54, 1.807) is 34.6 Å². The summed E-state index contributed by atoms with van der Waals surface area (Å²) in [4.78, 5) is 14.9. The highest BCUT2D eigenvalue weighted by atomic mass is 32.2. The molecule has 0 bridgehead atoms. The molecule has 0 saturated carbocycles. The van der Waals surface area contributed by atoms with Crippen molar-refractivity contribution in [1.82, 2.24) is 4.90 Å². The van der Waals surface area contributed by atoms with Crippen LogP contribution in [0.1, 0.15) is 17.4 Å². The Balaban J connectivity index is 1.77. The van der Waals surface area contributed by atoms with Gasteiger partial charge >= 0.3 is 0 Å². The largest absolute Gasteiger partial charge is 0.284 e. The highest BCUT2D eigenvalue weighted by Gasteiger charge is 2.35. The van der Waals surface area contributed by atoms with Gasteiger partial charge in [0.25, 0.3) is 0 Å². The number of nitrogens with zero attached hydrogens (tertiary/aromatic N) is 3. The van der Waals surface area contributed by atoms with Crippen LogP contribution in [0, 0.1) is 5.82 Å². The van der Waals surface area contributed by atoms with Gasteiger partial charge in [-0.25, -0.2) is 4.39 Å². The number of thioether (sulfide) groups is 1. The van der Waals surface area contributed by atoms with Crippen LogP contribution in [0.5, 0.6) is 0 Å². The van der Waals surface area contributed by atoms with Gasteiger partial charge in [0.2, 0.25) is 5.91 Å². The Morgan fingerprint density at radius 3 is 2.78 bits per heavy atom. The summed E-state index contributed by atoms with van der Waals surface area (Å²) in [6, 6.07) is 10.00. The Labute approximate surface area is 141 Å². The van der Waals surface area contributed by atoms with E-state index in [0.29, 0.717) is 11.7 Å². The first-order valence-corrected chi connectivity index (χ1v) is 8.76. The molecule has 3 rings (SSSR count). The third-order valence-corrected chi connectivity index (χ3v) is 5.13. The lowest BCUT2D eigenvalue weighted by atomic mass is 10.2. The highest BCUT2D eigenvalue weighted by molar-refractivity contribution is 8.15. The molecule has 1 saturated heterocycles. The van der Waals surface area contributed by atoms with E-state index in [1.165, 1.54) is 23.9 Å². The van der Waals surface area contributed by atoms with Crippen LogP contribution in [0.2, 0.25) is 0 Å². The van der Waals surface area contributed by atoms with Crippen molar-refractivity contribution in [3.8, 4) is 0 Å². The molecule has 0 radical (unpaired) electrons. The minimum Gasteiger partial charge on any atom is -0.284 e. The highest BCUT2D eigenvalue weighted by Crippen LogP contribution is 2.28. The molecule has 0 N–H and O–H groups in total. The fourth-order valence-electron chi connectivity index (χ4n) is 2.08. The number of hydrogen-bond acceptors (Lipinski definition) is 5. The van der Waals surface area contributed by atoms with Crippen molar-refractivity contribution in [2.24, 2.45) is 10.2 Å². The molecule has 23 heavy (non-hydrogen) atoms. The van der Waals surface area contributed by atoms with Crippen molar-refractivity contribution >= 4 is 40.4 Å². The van der Waals surface area contributed by atoms with Gasteiger partial charge in [-0.3, -0.25) is 9.69 Å². The summed E-state index contributed by atoms with van der Waals surface area (Å²) in [5.74, 6) is -0.303. The molecule has 1 aliphatic rings. The van der Waals surface area contributed by atoms with Gasteiger partial charge in [0, 0.05) is 4.88 Å². The first-order chi connectivity index (χ1) is 11.1. The van der Waals surface area contributed by atoms with Crippen LogP contribution < -0.4 is 0 Å². The summed E-state index contributed by atoms with van der Waals surface area (Å²) < 4.78 is 13.0. The Morgan fingerprint density at radius 1 is 1.30 bits per heavy atom. The zero-order valence-electron chi connectivity index (χ0n) is 12.3. The van der Waals surface area contributed by atoms with Crippen LogP contribution >= 0.6 is 23.1 Å². The quantitative estimate of drug-likeness (QED) is 0.625. The van der Waals surface area contributed by atoms with Gasteiger partial charge < -0.3 is 0 Å². The summed E-state index contributed by atoms with van der Waals surface area (Å²) in [6.45, 7) is 2.21. The Bertz CT molecular complexity index is 741. The third kappa shape index (κ3) is 3.86. The van der Waals surface area contributed by atoms with E-state index in [2.05, 4.69) is 10.2 Å². The minimum absolute atomic E-state index is 0.00982. The summed E-state index contributed by atoms with van der Waals surface area (Å²) in [5, 5.41) is 10.6. The van der Waals surface area contributed by atoms with E-state index >= 15 is 0 Å². The van der Waals surface area contributed by atoms with E-state index < -0.39 is 0 Å². The number of carbonyl (C=O) groups is 1. The summed E-state index contributed by atoms with van der Waals surface area (Å²) >= 11 is 2.95. The van der Waals surface area contributed by atoms with Crippen LogP contribution in [-0.2, 0) is 11.3 Å². The zero-order chi connectivity index (χ0) is 16.2. The summed E-state index contributed by atoms with van der Waals surface area (Å²) in [5.41, 5.74) is 0.851. The molecular weight excluding hydrogens is 333 g/mol. The molecule has 0 spiro atoms. The number of halogens is 1. The molecule has 4 nitrogen and oxygen atoms in total. The van der Waals surface area contributed by atoms with Crippen LogP contribution in [0.15, 0.2) is 52.0 Å². The molecular formula is C16H14FN3OS2. The molecule has 7 heteroatoms. The van der Waals surface area contributed by atoms with Gasteiger partial charge in [-0.15, -0.1) is 16.4 Å². The second kappa shape index (κ2) is 7.06. The number of hydrogen-bond donors (Lipinski definition) is 0. The fourth-order valence-corrected chi connectivity index (χ4v) is 3.58. The molecule has 1 aromatic heterocycles. The van der Waals surface area contributed by atoms with E-state index in [4.69, 9.17) is 0 Å². The van der Waals surface area contributed by atoms with Gasteiger partial charge in [0.15, 0.2) is 5.17 Å². The van der Waals surface area contributed by atoms with Gasteiger partial charge in [0.1, 0.15) is 5.82 Å². The average molecular weight is 347 g/mol. The Hall–Kier alpha value is -1.99. The third-order valence-electron chi connectivity index (χ3n) is 3.25. The van der Waals surface area contributed by atoms with E-state index in [9.17, 15) is 9.18 Å². The second-order valence-corrected chi connectivity index (χ2v) is 7.24. The first-order valence-electron chi connectivity index (χ1n) is 7.00. The molecule has 1 amide bonds. The molecule has 1 fully saturated rings. The topological polar surface area (TPSA) is 45.0 Å². The van der Waals surface area contributed by atoms with Gasteiger partial charge in [-0.05, 0) is 36.1 Å². The predicted octanol–water partition coefficient (Wildman–Crippen LogP) is 3.74. The standard InChI is InChI=1S/C16H14FN3OS2/c1-11-15(21)20(10-12-4-6-13(17)7-5-12)16(23-11)19-18-9-14-3-2-8-22-14/h2-9,11H,10H2,1H3/b18-9-,19-16-/t11-/m0/s1. The van der Waals surface area contributed by atoms with Crippen molar-refractivity contribution in [1.29, 1.82) is 0 Å². The molecule has 1 aromatic carbocycles. The maximum Gasteiger partial charge on any atom is 0.242 e. The number of amides is 1. The lowest BCUT2D eigenvalue weighted by molar-refractivity contribution is -0.126. The molecule has 2 heterocycles. The maximum atomic E-state index is 13.0. The normalized spacial score (nSPS) is 20.1. The number of carbonyl (C=O) groups excluding carboxylic acids is 1. The average Bonchev–Trinajstić information content (AvgIpc) is 3.14. The number of thiophene rings is 1. The number of rotatable bonds is 4. The van der Waals surface area contributed by atoms with Gasteiger partial charge in [0.05, 0.1) is 18.0 Å². The number of benzene rings is 1. The Kier molecular flexibility index (Phi) is 4.88. The molecule has 1 aliphatic heterocycles. The van der Waals surface area contributed by atoms with Crippen molar-refractivity contribution in [2.75, 3.05) is 0 Å². The SMILES string of the molecule is C[C@@H]1S/C(=N\N=C/c2cccs2)N(Cc2ccc(F)cc2)C1=O. The maximum absolute atomic E-state index is 13.0.